The van der Waals surface area contributed by atoms with E-state index in [9.17, 15) is 9.59 Å². The third-order valence-electron chi connectivity index (χ3n) is 5.58. The average molecular weight is 452 g/mol. The quantitative estimate of drug-likeness (QED) is 0.568. The third-order valence-corrected chi connectivity index (χ3v) is 5.58. The van der Waals surface area contributed by atoms with Crippen LogP contribution < -0.4 is 10.6 Å². The van der Waals surface area contributed by atoms with Crippen molar-refractivity contribution < 1.29 is 14.3 Å². The van der Waals surface area contributed by atoms with E-state index in [0.717, 1.165) is 29.9 Å². The Bertz CT molecular complexity index is 1020. The van der Waals surface area contributed by atoms with Gasteiger partial charge < -0.3 is 19.9 Å². The van der Waals surface area contributed by atoms with Gasteiger partial charge in [-0.2, -0.15) is 5.26 Å². The molecule has 1 aliphatic heterocycles. The lowest BCUT2D eigenvalue weighted by Gasteiger charge is -2.21. The number of para-hydroxylation sites is 1. The second-order valence-corrected chi connectivity index (χ2v) is 9.31. The zero-order chi connectivity index (χ0) is 23.8. The van der Waals surface area contributed by atoms with E-state index in [2.05, 4.69) is 38.4 Å². The van der Waals surface area contributed by atoms with Crippen molar-refractivity contribution in [1.29, 1.82) is 5.26 Å². The van der Waals surface area contributed by atoms with Gasteiger partial charge in [0, 0.05) is 36.8 Å². The van der Waals surface area contributed by atoms with Gasteiger partial charge in [0.1, 0.15) is 5.60 Å². The van der Waals surface area contributed by atoms with Gasteiger partial charge in [-0.15, -0.1) is 0 Å². The first-order valence-corrected chi connectivity index (χ1v) is 11.5. The molecule has 0 radical (unpaired) electrons. The van der Waals surface area contributed by atoms with Crippen LogP contribution in [0.1, 0.15) is 57.0 Å². The third kappa shape index (κ3) is 6.82. The van der Waals surface area contributed by atoms with E-state index in [1.807, 2.05) is 39.2 Å². The summed E-state index contributed by atoms with van der Waals surface area (Å²) in [5.74, 6) is -0.374. The maximum absolute atomic E-state index is 12.9. The number of imidazole rings is 1. The molecule has 3 rings (SSSR count). The fourth-order valence-corrected chi connectivity index (χ4v) is 4.06. The molecule has 176 valence electrons. The highest BCUT2D eigenvalue weighted by atomic mass is 16.6. The van der Waals surface area contributed by atoms with Gasteiger partial charge in [-0.3, -0.25) is 4.79 Å². The van der Waals surface area contributed by atoms with Gasteiger partial charge in [-0.1, -0.05) is 18.2 Å². The number of carbonyl (C=O) groups excluding carboxylic acids is 2. The normalized spacial score (nSPS) is 13.3. The molecule has 0 aliphatic carbocycles. The Hall–Kier alpha value is -3.34. The van der Waals surface area contributed by atoms with Gasteiger partial charge in [-0.25, -0.2) is 9.78 Å². The molecular formula is C25H33N5O3. The molecule has 1 unspecified atom stereocenters. The predicted octanol–water partition coefficient (Wildman–Crippen LogP) is 3.46. The molecule has 8 nitrogen and oxygen atoms in total. The fourth-order valence-electron chi connectivity index (χ4n) is 4.06. The molecule has 1 aromatic heterocycles. The van der Waals surface area contributed by atoms with Gasteiger partial charge >= 0.3 is 6.09 Å². The molecule has 0 bridgehead atoms. The van der Waals surface area contributed by atoms with E-state index in [0.29, 0.717) is 32.4 Å². The molecule has 2 amide bonds. The number of nitrogens with zero attached hydrogens (tertiary/aromatic N) is 3. The monoisotopic (exact) mass is 451 g/mol. The van der Waals surface area contributed by atoms with Crippen molar-refractivity contribution in [3.05, 3.63) is 47.5 Å². The van der Waals surface area contributed by atoms with Crippen LogP contribution in [0.2, 0.25) is 0 Å². The second-order valence-electron chi connectivity index (χ2n) is 9.31. The minimum atomic E-state index is -0.550. The van der Waals surface area contributed by atoms with Crippen LogP contribution in [0.5, 0.6) is 0 Å². The molecule has 2 heterocycles. The maximum atomic E-state index is 12.9. The molecule has 33 heavy (non-hydrogen) atoms. The van der Waals surface area contributed by atoms with Gasteiger partial charge in [0.2, 0.25) is 5.91 Å². The zero-order valence-corrected chi connectivity index (χ0v) is 19.7. The number of aromatic nitrogens is 2. The van der Waals surface area contributed by atoms with Crippen molar-refractivity contribution in [2.75, 3.05) is 13.1 Å². The highest BCUT2D eigenvalue weighted by Gasteiger charge is 2.25. The number of ether oxygens (including phenoxy) is 1. The van der Waals surface area contributed by atoms with Crippen molar-refractivity contribution in [3.63, 3.8) is 0 Å². The number of rotatable bonds is 9. The maximum Gasteiger partial charge on any atom is 0.407 e. The molecule has 0 spiro atoms. The van der Waals surface area contributed by atoms with Crippen molar-refractivity contribution in [2.24, 2.45) is 5.92 Å². The lowest BCUT2D eigenvalue weighted by atomic mass is 9.93. The van der Waals surface area contributed by atoms with Crippen LogP contribution in [0.3, 0.4) is 0 Å². The summed E-state index contributed by atoms with van der Waals surface area (Å²) in [6, 6.07) is 10.4. The van der Waals surface area contributed by atoms with Crippen molar-refractivity contribution in [2.45, 2.75) is 64.9 Å². The number of fused-ring (bicyclic) bond motifs is 3. The van der Waals surface area contributed by atoms with Gasteiger partial charge in [0.25, 0.3) is 0 Å². The smallest absolute Gasteiger partial charge is 0.407 e. The highest BCUT2D eigenvalue weighted by molar-refractivity contribution is 5.79. The summed E-state index contributed by atoms with van der Waals surface area (Å²) in [5, 5.41) is 14.4. The van der Waals surface area contributed by atoms with Crippen molar-refractivity contribution >= 4 is 12.0 Å². The second kappa shape index (κ2) is 11.0. The fraction of sp³-hybridized carbons (Fsp3) is 0.520. The summed E-state index contributed by atoms with van der Waals surface area (Å²) >= 11 is 0. The molecule has 2 aromatic rings. The first-order valence-electron chi connectivity index (χ1n) is 11.5. The summed E-state index contributed by atoms with van der Waals surface area (Å²) in [7, 11) is 0. The van der Waals surface area contributed by atoms with Crippen molar-refractivity contribution in [1.82, 2.24) is 20.2 Å². The van der Waals surface area contributed by atoms with E-state index in [-0.39, 0.29) is 18.2 Å². The summed E-state index contributed by atoms with van der Waals surface area (Å²) < 4.78 is 7.39. The van der Waals surface area contributed by atoms with Crippen LogP contribution in [0.25, 0.3) is 5.69 Å². The predicted molar refractivity (Wildman–Crippen MR) is 125 cm³/mol. The Morgan fingerprint density at radius 3 is 2.76 bits per heavy atom. The number of aryl methyl sites for hydroxylation is 1. The lowest BCUT2D eigenvalue weighted by Crippen LogP contribution is -2.35. The van der Waals surface area contributed by atoms with E-state index in [1.54, 1.807) is 0 Å². The number of amides is 2. The van der Waals surface area contributed by atoms with Gasteiger partial charge in [0.05, 0.1) is 24.5 Å². The largest absolute Gasteiger partial charge is 0.444 e. The lowest BCUT2D eigenvalue weighted by molar-refractivity contribution is -0.125. The number of nitriles is 1. The highest BCUT2D eigenvalue weighted by Crippen LogP contribution is 2.28. The van der Waals surface area contributed by atoms with Gasteiger partial charge in [0.15, 0.2) is 0 Å². The molecule has 8 heteroatoms. The Morgan fingerprint density at radius 1 is 1.21 bits per heavy atom. The van der Waals surface area contributed by atoms with E-state index >= 15 is 0 Å². The minimum Gasteiger partial charge on any atom is -0.444 e. The van der Waals surface area contributed by atoms with Crippen LogP contribution in [0.15, 0.2) is 30.6 Å². The van der Waals surface area contributed by atoms with Crippen LogP contribution in [-0.4, -0.2) is 40.2 Å². The molecule has 2 N–H and O–H groups in total. The van der Waals surface area contributed by atoms with E-state index in [1.165, 1.54) is 5.56 Å². The van der Waals surface area contributed by atoms with E-state index in [4.69, 9.17) is 10.00 Å². The minimum absolute atomic E-state index is 0.0829. The Kier molecular flexibility index (Phi) is 8.10. The number of benzene rings is 1. The van der Waals surface area contributed by atoms with Crippen LogP contribution >= 0.6 is 0 Å². The number of carbonyl (C=O) groups is 2. The standard InChI is InChI=1S/C25H33N5O3/c1-25(2,3)33-24(32)28-14-6-9-19(23(31)27-15-7-13-26)16-20-22-12-11-18-8-4-5-10-21(18)30(22)17-29-20/h4-5,8,10,17,19H,6-7,9,11-12,14-16H2,1-3H3,(H,27,31)(H,28,32). The summed E-state index contributed by atoms with van der Waals surface area (Å²) in [6.07, 6.45) is 5.25. The number of hydrogen-bond acceptors (Lipinski definition) is 5. The molecule has 0 fully saturated rings. The molecule has 1 atom stereocenters. The van der Waals surface area contributed by atoms with Crippen LogP contribution in [0.4, 0.5) is 4.79 Å². The number of alkyl carbamates (subject to hydrolysis) is 1. The molecule has 1 aliphatic rings. The van der Waals surface area contributed by atoms with Gasteiger partial charge in [-0.05, 0) is 58.1 Å². The summed E-state index contributed by atoms with van der Waals surface area (Å²) in [5.41, 5.74) is 3.98. The topological polar surface area (TPSA) is 109 Å². The number of nitrogens with one attached hydrogen (secondary N) is 2. The molecule has 0 saturated carbocycles. The molecule has 1 aromatic carbocycles. The van der Waals surface area contributed by atoms with Crippen LogP contribution in [0, 0.1) is 17.2 Å². The Morgan fingerprint density at radius 2 is 2.00 bits per heavy atom. The zero-order valence-electron chi connectivity index (χ0n) is 19.7. The average Bonchev–Trinajstić information content (AvgIpc) is 3.18. The molecular weight excluding hydrogens is 418 g/mol. The van der Waals surface area contributed by atoms with Crippen molar-refractivity contribution in [3.8, 4) is 11.8 Å². The Balaban J connectivity index is 1.64. The van der Waals surface area contributed by atoms with Crippen LogP contribution in [-0.2, 0) is 28.8 Å². The van der Waals surface area contributed by atoms with E-state index < -0.39 is 11.7 Å². The Labute approximate surface area is 195 Å². The first-order chi connectivity index (χ1) is 15.8. The summed E-state index contributed by atoms with van der Waals surface area (Å²) in [6.45, 7) is 6.21. The SMILES string of the molecule is CC(C)(C)OC(=O)NCCCC(Cc1ncn2c1CCc1ccccc1-2)C(=O)NCCC#N. The molecule has 0 saturated heterocycles. The summed E-state index contributed by atoms with van der Waals surface area (Å²) in [4.78, 5) is 29.4. The first kappa shape index (κ1) is 24.3. The number of hydrogen-bond donors (Lipinski definition) is 2.